The lowest BCUT2D eigenvalue weighted by Crippen LogP contribution is -2.12. The van der Waals surface area contributed by atoms with Gasteiger partial charge in [-0.05, 0) is 18.2 Å². The van der Waals surface area contributed by atoms with E-state index in [1.807, 2.05) is 6.07 Å². The van der Waals surface area contributed by atoms with Crippen molar-refractivity contribution in [2.24, 2.45) is 7.05 Å². The minimum Gasteiger partial charge on any atom is -0.453 e. The van der Waals surface area contributed by atoms with Crippen LogP contribution in [-0.2, 0) is 13.2 Å². The maximum Gasteiger partial charge on any atom is 0.449 e. The van der Waals surface area contributed by atoms with Gasteiger partial charge in [-0.1, -0.05) is 0 Å². The fourth-order valence-corrected chi connectivity index (χ4v) is 2.94. The lowest BCUT2D eigenvalue weighted by Gasteiger charge is -2.07. The van der Waals surface area contributed by atoms with E-state index in [1.54, 1.807) is 0 Å². The molecular weight excluding hydrogens is 380 g/mol. The quantitative estimate of drug-likeness (QED) is 0.464. The van der Waals surface area contributed by atoms with Crippen LogP contribution in [0.2, 0.25) is 0 Å². The van der Waals surface area contributed by atoms with E-state index in [4.69, 9.17) is 9.68 Å². The summed E-state index contributed by atoms with van der Waals surface area (Å²) >= 11 is 0. The first-order chi connectivity index (χ1) is 13.2. The Kier molecular flexibility index (Phi) is 3.71. The summed E-state index contributed by atoms with van der Waals surface area (Å²) in [6, 6.07) is 6.59. The van der Waals surface area contributed by atoms with Gasteiger partial charge < -0.3 is 8.98 Å². The zero-order valence-electron chi connectivity index (χ0n) is 14.0. The summed E-state index contributed by atoms with van der Waals surface area (Å²) in [7, 11) is 1.06. The van der Waals surface area contributed by atoms with Gasteiger partial charge in [0.1, 0.15) is 28.6 Å². The van der Waals surface area contributed by atoms with Gasteiger partial charge in [0.05, 0.1) is 5.39 Å². The van der Waals surface area contributed by atoms with Crippen LogP contribution in [0.1, 0.15) is 11.5 Å². The summed E-state index contributed by atoms with van der Waals surface area (Å²) in [4.78, 5) is 19.7. The summed E-state index contributed by atoms with van der Waals surface area (Å²) < 4.78 is 60.2. The lowest BCUT2D eigenvalue weighted by molar-refractivity contribution is -0.146. The predicted molar refractivity (Wildman–Crippen MR) is 89.7 cm³/mol. The molecule has 28 heavy (non-hydrogen) atoms. The summed E-state index contributed by atoms with van der Waals surface area (Å²) in [6.45, 7) is 0. The maximum absolute atomic E-state index is 14.3. The molecule has 0 unspecified atom stereocenters. The summed E-state index contributed by atoms with van der Waals surface area (Å²) in [6.07, 6.45) is -3.53. The van der Waals surface area contributed by atoms with Crippen LogP contribution >= 0.6 is 0 Å². The molecule has 0 bridgehead atoms. The van der Waals surface area contributed by atoms with Crippen LogP contribution in [0.5, 0.6) is 0 Å². The second kappa shape index (κ2) is 5.88. The number of fused-ring (bicyclic) bond motifs is 3. The number of aromatic nitrogens is 3. The molecule has 0 saturated heterocycles. The van der Waals surface area contributed by atoms with Gasteiger partial charge in [0, 0.05) is 24.9 Å². The molecule has 0 radical (unpaired) electrons. The average Bonchev–Trinajstić information content (AvgIpc) is 3.01. The van der Waals surface area contributed by atoms with Crippen molar-refractivity contribution in [1.82, 2.24) is 14.5 Å². The average molecular weight is 388 g/mol. The molecule has 0 N–H and O–H groups in total. The molecule has 4 aromatic rings. The zero-order valence-corrected chi connectivity index (χ0v) is 14.0. The number of nitrogens with zero attached hydrogens (tertiary/aromatic N) is 4. The van der Waals surface area contributed by atoms with Crippen LogP contribution in [0.15, 0.2) is 39.7 Å². The normalized spacial score (nSPS) is 11.9. The van der Waals surface area contributed by atoms with Gasteiger partial charge in [0.2, 0.25) is 5.82 Å². The molecule has 0 aliphatic carbocycles. The Morgan fingerprint density at radius 2 is 2.00 bits per heavy atom. The van der Waals surface area contributed by atoms with Gasteiger partial charge in [-0.2, -0.15) is 18.4 Å². The highest BCUT2D eigenvalue weighted by Crippen LogP contribution is 2.35. The SMILES string of the molecule is Cn1c(C(F)(F)F)nc2c(F)cc3c(=O)cc(-c4ccc(C#N)nc4)oc3c21. The number of halogens is 4. The van der Waals surface area contributed by atoms with E-state index in [1.165, 1.54) is 18.3 Å². The maximum atomic E-state index is 14.3. The molecule has 0 saturated carbocycles. The molecule has 0 aliphatic rings. The minimum atomic E-state index is -4.82. The van der Waals surface area contributed by atoms with E-state index in [-0.39, 0.29) is 27.9 Å². The molecule has 140 valence electrons. The van der Waals surface area contributed by atoms with E-state index in [0.717, 1.165) is 19.2 Å². The molecule has 6 nitrogen and oxygen atoms in total. The van der Waals surface area contributed by atoms with Crippen molar-refractivity contribution >= 4 is 22.0 Å². The van der Waals surface area contributed by atoms with Crippen molar-refractivity contribution in [3.8, 4) is 17.4 Å². The number of hydrogen-bond acceptors (Lipinski definition) is 5. The third-order valence-corrected chi connectivity index (χ3v) is 4.21. The molecule has 0 aliphatic heterocycles. The van der Waals surface area contributed by atoms with E-state index >= 15 is 0 Å². The van der Waals surface area contributed by atoms with Crippen LogP contribution < -0.4 is 5.43 Å². The van der Waals surface area contributed by atoms with E-state index in [0.29, 0.717) is 10.1 Å². The molecule has 0 atom stereocenters. The fourth-order valence-electron chi connectivity index (χ4n) is 2.94. The number of benzene rings is 1. The van der Waals surface area contributed by atoms with Crippen LogP contribution in [0.3, 0.4) is 0 Å². The van der Waals surface area contributed by atoms with E-state index in [9.17, 15) is 22.4 Å². The molecule has 10 heteroatoms. The standard InChI is InChI=1S/C18H8F4N4O2/c1-26-15-14(25-17(26)18(20,21)22)11(19)4-10-12(27)5-13(28-16(10)15)8-2-3-9(6-23)24-7-8/h2-5,7H,1H3. The van der Waals surface area contributed by atoms with Crippen LogP contribution in [0.25, 0.3) is 33.3 Å². The number of nitriles is 1. The number of imidazole rings is 1. The van der Waals surface area contributed by atoms with Gasteiger partial charge >= 0.3 is 6.18 Å². The summed E-state index contributed by atoms with van der Waals surface area (Å²) in [5.74, 6) is -2.37. The first-order valence-electron chi connectivity index (χ1n) is 7.77. The summed E-state index contributed by atoms with van der Waals surface area (Å²) in [5.41, 5.74) is -1.25. The van der Waals surface area contributed by atoms with Gasteiger partial charge in [0.25, 0.3) is 0 Å². The molecule has 3 heterocycles. The molecule has 1 aromatic carbocycles. The Bertz CT molecular complexity index is 1350. The Balaban J connectivity index is 2.09. The first kappa shape index (κ1) is 17.7. The monoisotopic (exact) mass is 388 g/mol. The van der Waals surface area contributed by atoms with Crippen molar-refractivity contribution < 1.29 is 22.0 Å². The van der Waals surface area contributed by atoms with Crippen molar-refractivity contribution in [3.05, 3.63) is 58.0 Å². The summed E-state index contributed by atoms with van der Waals surface area (Å²) in [5, 5.41) is 8.59. The topological polar surface area (TPSA) is 84.7 Å². The van der Waals surface area contributed by atoms with Gasteiger partial charge in [-0.15, -0.1) is 0 Å². The second-order valence-corrected chi connectivity index (χ2v) is 5.94. The predicted octanol–water partition coefficient (Wildman–Crippen LogP) is 3.77. The van der Waals surface area contributed by atoms with E-state index < -0.39 is 28.8 Å². The van der Waals surface area contributed by atoms with Crippen LogP contribution in [0, 0.1) is 17.1 Å². The third kappa shape index (κ3) is 2.60. The largest absolute Gasteiger partial charge is 0.453 e. The second-order valence-electron chi connectivity index (χ2n) is 5.94. The highest BCUT2D eigenvalue weighted by Gasteiger charge is 2.38. The number of alkyl halides is 3. The number of hydrogen-bond donors (Lipinski definition) is 0. The van der Waals surface area contributed by atoms with Crippen LogP contribution in [-0.4, -0.2) is 14.5 Å². The third-order valence-electron chi connectivity index (χ3n) is 4.21. The molecule has 4 rings (SSSR count). The Labute approximate surface area is 153 Å². The zero-order chi connectivity index (χ0) is 20.2. The molecule has 0 spiro atoms. The Hall–Kier alpha value is -3.74. The lowest BCUT2D eigenvalue weighted by atomic mass is 10.1. The van der Waals surface area contributed by atoms with Crippen molar-refractivity contribution in [1.29, 1.82) is 5.26 Å². The van der Waals surface area contributed by atoms with Crippen LogP contribution in [0.4, 0.5) is 17.6 Å². The van der Waals surface area contributed by atoms with E-state index in [2.05, 4.69) is 9.97 Å². The number of pyridine rings is 1. The number of aryl methyl sites for hydroxylation is 1. The Morgan fingerprint density at radius 1 is 1.25 bits per heavy atom. The molecular formula is C18H8F4N4O2. The fraction of sp³-hybridized carbons (Fsp3) is 0.111. The highest BCUT2D eigenvalue weighted by atomic mass is 19.4. The van der Waals surface area contributed by atoms with Gasteiger partial charge in [0.15, 0.2) is 16.8 Å². The van der Waals surface area contributed by atoms with Crippen molar-refractivity contribution in [2.45, 2.75) is 6.18 Å². The smallest absolute Gasteiger partial charge is 0.449 e. The first-order valence-corrected chi connectivity index (χ1v) is 7.77. The molecule has 3 aromatic heterocycles. The molecule has 0 fully saturated rings. The van der Waals surface area contributed by atoms with Gasteiger partial charge in [-0.3, -0.25) is 4.79 Å². The Morgan fingerprint density at radius 3 is 2.61 bits per heavy atom. The van der Waals surface area contributed by atoms with Gasteiger partial charge in [-0.25, -0.2) is 14.4 Å². The highest BCUT2D eigenvalue weighted by molar-refractivity contribution is 6.01. The van der Waals surface area contributed by atoms with Crippen molar-refractivity contribution in [3.63, 3.8) is 0 Å². The number of rotatable bonds is 1. The van der Waals surface area contributed by atoms with Crippen molar-refractivity contribution in [2.75, 3.05) is 0 Å². The molecule has 0 amide bonds. The minimum absolute atomic E-state index is 0.0113.